The Hall–Kier alpha value is -1.46. The molecule has 116 valence electrons. The standard InChI is InChI=1S/C15H20ClNO4/c1-4-19-15(18)13(17-7-9(2)3)10-5-11(16)14-12(6-10)20-8-21-14/h5-6,9,13,17H,4,7-8H2,1-3H3. The number of nitrogens with one attached hydrogen (secondary N) is 1. The van der Waals surface area contributed by atoms with E-state index >= 15 is 0 Å². The van der Waals surface area contributed by atoms with Gasteiger partial charge in [-0.05, 0) is 37.1 Å². The lowest BCUT2D eigenvalue weighted by Gasteiger charge is -2.19. The molecule has 0 saturated heterocycles. The van der Waals surface area contributed by atoms with Gasteiger partial charge in [0.05, 0.1) is 11.6 Å². The number of carbonyl (C=O) groups excluding carboxylic acids is 1. The monoisotopic (exact) mass is 313 g/mol. The molecule has 1 aliphatic rings. The minimum Gasteiger partial charge on any atom is -0.465 e. The Morgan fingerprint density at radius 2 is 2.19 bits per heavy atom. The van der Waals surface area contributed by atoms with Crippen molar-refractivity contribution < 1.29 is 19.0 Å². The number of hydrogen-bond acceptors (Lipinski definition) is 5. The highest BCUT2D eigenvalue weighted by molar-refractivity contribution is 6.32. The molecule has 1 atom stereocenters. The molecule has 0 fully saturated rings. The lowest BCUT2D eigenvalue weighted by atomic mass is 10.1. The first-order chi connectivity index (χ1) is 10.0. The van der Waals surface area contributed by atoms with Crippen molar-refractivity contribution in [2.24, 2.45) is 5.92 Å². The van der Waals surface area contributed by atoms with E-state index in [0.29, 0.717) is 41.2 Å². The van der Waals surface area contributed by atoms with Gasteiger partial charge in [-0.25, -0.2) is 4.79 Å². The topological polar surface area (TPSA) is 56.8 Å². The fourth-order valence-corrected chi connectivity index (χ4v) is 2.34. The van der Waals surface area contributed by atoms with Gasteiger partial charge in [-0.2, -0.15) is 0 Å². The van der Waals surface area contributed by atoms with Crippen molar-refractivity contribution in [3.63, 3.8) is 0 Å². The molecule has 0 radical (unpaired) electrons. The van der Waals surface area contributed by atoms with Gasteiger partial charge >= 0.3 is 5.97 Å². The van der Waals surface area contributed by atoms with Gasteiger partial charge in [-0.1, -0.05) is 25.4 Å². The van der Waals surface area contributed by atoms with Gasteiger partial charge in [-0.15, -0.1) is 0 Å². The van der Waals surface area contributed by atoms with Gasteiger partial charge in [0.15, 0.2) is 11.5 Å². The van der Waals surface area contributed by atoms with Crippen molar-refractivity contribution in [2.75, 3.05) is 19.9 Å². The van der Waals surface area contributed by atoms with E-state index < -0.39 is 6.04 Å². The van der Waals surface area contributed by atoms with E-state index in [0.717, 1.165) is 0 Å². The molecule has 1 heterocycles. The Labute approximate surface area is 129 Å². The molecule has 0 aliphatic carbocycles. The van der Waals surface area contributed by atoms with Crippen LogP contribution in [0.2, 0.25) is 5.02 Å². The highest BCUT2D eigenvalue weighted by atomic mass is 35.5. The molecule has 0 saturated carbocycles. The van der Waals surface area contributed by atoms with Gasteiger partial charge < -0.3 is 19.5 Å². The Morgan fingerprint density at radius 3 is 2.86 bits per heavy atom. The van der Waals surface area contributed by atoms with Crippen LogP contribution in [-0.4, -0.2) is 25.9 Å². The molecule has 0 amide bonds. The molecule has 1 unspecified atom stereocenters. The first-order valence-electron chi connectivity index (χ1n) is 7.02. The molecule has 1 aromatic rings. The summed E-state index contributed by atoms with van der Waals surface area (Å²) in [5.74, 6) is 1.16. The number of rotatable bonds is 6. The van der Waals surface area contributed by atoms with E-state index in [1.165, 1.54) is 0 Å². The summed E-state index contributed by atoms with van der Waals surface area (Å²) >= 11 is 6.18. The van der Waals surface area contributed by atoms with Crippen LogP contribution in [0.5, 0.6) is 11.5 Å². The van der Waals surface area contributed by atoms with Crippen LogP contribution in [0.3, 0.4) is 0 Å². The Morgan fingerprint density at radius 1 is 1.43 bits per heavy atom. The quantitative estimate of drug-likeness (QED) is 0.818. The van der Waals surface area contributed by atoms with E-state index in [1.807, 2.05) is 0 Å². The second-order valence-electron chi connectivity index (χ2n) is 5.22. The van der Waals surface area contributed by atoms with E-state index in [4.69, 9.17) is 25.8 Å². The summed E-state index contributed by atoms with van der Waals surface area (Å²) in [5.41, 5.74) is 0.711. The van der Waals surface area contributed by atoms with E-state index in [-0.39, 0.29) is 12.8 Å². The zero-order chi connectivity index (χ0) is 15.4. The second-order valence-corrected chi connectivity index (χ2v) is 5.63. The molecule has 5 nitrogen and oxygen atoms in total. The second kappa shape index (κ2) is 7.00. The molecule has 1 aliphatic heterocycles. The molecular weight excluding hydrogens is 294 g/mol. The minimum atomic E-state index is -0.570. The highest BCUT2D eigenvalue weighted by Gasteiger charge is 2.26. The van der Waals surface area contributed by atoms with Crippen LogP contribution in [0, 0.1) is 5.92 Å². The van der Waals surface area contributed by atoms with Crippen LogP contribution in [0.25, 0.3) is 0 Å². The molecule has 1 N–H and O–H groups in total. The number of carbonyl (C=O) groups is 1. The average Bonchev–Trinajstić information content (AvgIpc) is 2.88. The number of ether oxygens (including phenoxy) is 3. The van der Waals surface area contributed by atoms with Crippen molar-refractivity contribution in [3.8, 4) is 11.5 Å². The molecule has 21 heavy (non-hydrogen) atoms. The number of hydrogen-bond donors (Lipinski definition) is 1. The Balaban J connectivity index is 2.27. The van der Waals surface area contributed by atoms with Crippen LogP contribution in [0.4, 0.5) is 0 Å². The van der Waals surface area contributed by atoms with E-state index in [1.54, 1.807) is 19.1 Å². The molecule has 6 heteroatoms. The Kier molecular flexibility index (Phi) is 5.31. The first kappa shape index (κ1) is 15.9. The number of fused-ring (bicyclic) bond motifs is 1. The predicted octanol–water partition coefficient (Wildman–Crippen LogP) is 2.92. The van der Waals surface area contributed by atoms with Gasteiger partial charge in [0, 0.05) is 0 Å². The molecule has 1 aromatic carbocycles. The first-order valence-corrected chi connectivity index (χ1v) is 7.39. The van der Waals surface area contributed by atoms with Crippen LogP contribution in [0.1, 0.15) is 32.4 Å². The van der Waals surface area contributed by atoms with Crippen molar-refractivity contribution in [2.45, 2.75) is 26.8 Å². The summed E-state index contributed by atoms with van der Waals surface area (Å²) < 4.78 is 15.8. The van der Waals surface area contributed by atoms with Crippen molar-refractivity contribution in [3.05, 3.63) is 22.7 Å². The number of esters is 1. The summed E-state index contributed by atoms with van der Waals surface area (Å²) in [6, 6.07) is 2.91. The zero-order valence-corrected chi connectivity index (χ0v) is 13.2. The number of benzene rings is 1. The van der Waals surface area contributed by atoms with Gasteiger partial charge in [0.2, 0.25) is 6.79 Å². The van der Waals surface area contributed by atoms with Crippen LogP contribution >= 0.6 is 11.6 Å². The van der Waals surface area contributed by atoms with E-state index in [9.17, 15) is 4.79 Å². The van der Waals surface area contributed by atoms with Crippen molar-refractivity contribution >= 4 is 17.6 Å². The average molecular weight is 314 g/mol. The van der Waals surface area contributed by atoms with Crippen LogP contribution < -0.4 is 14.8 Å². The predicted molar refractivity (Wildman–Crippen MR) is 79.8 cm³/mol. The summed E-state index contributed by atoms with van der Waals surface area (Å²) in [6.45, 7) is 7.09. The van der Waals surface area contributed by atoms with Crippen LogP contribution in [-0.2, 0) is 9.53 Å². The fourth-order valence-electron chi connectivity index (χ4n) is 2.07. The number of halogens is 1. The summed E-state index contributed by atoms with van der Waals surface area (Å²) in [7, 11) is 0. The SMILES string of the molecule is CCOC(=O)C(NCC(C)C)c1cc(Cl)c2c(c1)OCO2. The molecule has 0 aromatic heterocycles. The maximum atomic E-state index is 12.2. The van der Waals surface area contributed by atoms with Gasteiger partial charge in [0.1, 0.15) is 6.04 Å². The van der Waals surface area contributed by atoms with Crippen molar-refractivity contribution in [1.29, 1.82) is 0 Å². The molecule has 0 spiro atoms. The normalized spacial score (nSPS) is 14.3. The van der Waals surface area contributed by atoms with Crippen LogP contribution in [0.15, 0.2) is 12.1 Å². The minimum absolute atomic E-state index is 0.141. The van der Waals surface area contributed by atoms with E-state index in [2.05, 4.69) is 19.2 Å². The fraction of sp³-hybridized carbons (Fsp3) is 0.533. The summed E-state index contributed by atoms with van der Waals surface area (Å²) in [5, 5.41) is 3.64. The maximum Gasteiger partial charge on any atom is 0.327 e. The maximum absolute atomic E-state index is 12.2. The Bertz CT molecular complexity index is 519. The third kappa shape index (κ3) is 3.80. The van der Waals surface area contributed by atoms with Crippen molar-refractivity contribution in [1.82, 2.24) is 5.32 Å². The summed E-state index contributed by atoms with van der Waals surface area (Å²) in [6.07, 6.45) is 0. The summed E-state index contributed by atoms with van der Waals surface area (Å²) in [4.78, 5) is 12.2. The molecule has 2 rings (SSSR count). The lowest BCUT2D eigenvalue weighted by Crippen LogP contribution is -2.32. The van der Waals surface area contributed by atoms with Gasteiger partial charge in [-0.3, -0.25) is 0 Å². The van der Waals surface area contributed by atoms with Gasteiger partial charge in [0.25, 0.3) is 0 Å². The lowest BCUT2D eigenvalue weighted by molar-refractivity contribution is -0.145. The largest absolute Gasteiger partial charge is 0.465 e. The molecular formula is C15H20ClNO4. The highest BCUT2D eigenvalue weighted by Crippen LogP contribution is 2.41. The molecule has 0 bridgehead atoms. The third-order valence-electron chi connectivity index (χ3n) is 3.04. The smallest absolute Gasteiger partial charge is 0.327 e. The zero-order valence-electron chi connectivity index (χ0n) is 12.4. The third-order valence-corrected chi connectivity index (χ3v) is 3.32.